The minimum absolute atomic E-state index is 0.0767. The third kappa shape index (κ3) is 3.76. The summed E-state index contributed by atoms with van der Waals surface area (Å²) < 4.78 is 3.65. The van der Waals surface area contributed by atoms with Gasteiger partial charge in [-0.1, -0.05) is 0 Å². The molecule has 0 bridgehead atoms. The number of hydrogen-bond acceptors (Lipinski definition) is 5. The molecule has 0 aromatic carbocycles. The molecule has 3 heterocycles. The highest BCUT2D eigenvalue weighted by Crippen LogP contribution is 2.11. The monoisotopic (exact) mass is 317 g/mol. The largest absolute Gasteiger partial charge is 0.336 e. The smallest absolute Gasteiger partial charge is 0.257 e. The van der Waals surface area contributed by atoms with E-state index in [-0.39, 0.29) is 11.9 Å². The van der Waals surface area contributed by atoms with Gasteiger partial charge in [0.2, 0.25) is 0 Å². The van der Waals surface area contributed by atoms with Crippen molar-refractivity contribution in [2.24, 2.45) is 0 Å². The molecule has 3 rings (SSSR count). The van der Waals surface area contributed by atoms with Gasteiger partial charge in [0.1, 0.15) is 12.7 Å². The van der Waals surface area contributed by atoms with Crippen LogP contribution in [0.3, 0.4) is 0 Å². The second-order valence-corrected chi connectivity index (χ2v) is 6.10. The molecular formula is C15H23N7O. The predicted molar refractivity (Wildman–Crippen MR) is 85.0 cm³/mol. The van der Waals surface area contributed by atoms with Crippen LogP contribution in [0.2, 0.25) is 0 Å². The van der Waals surface area contributed by atoms with Gasteiger partial charge < -0.3 is 4.90 Å². The number of hydrogen-bond donors (Lipinski definition) is 0. The lowest BCUT2D eigenvalue weighted by Crippen LogP contribution is -2.49. The minimum atomic E-state index is 0.0767. The van der Waals surface area contributed by atoms with Gasteiger partial charge in [0.05, 0.1) is 18.3 Å². The minimum Gasteiger partial charge on any atom is -0.336 e. The number of amides is 1. The maximum atomic E-state index is 12.5. The maximum Gasteiger partial charge on any atom is 0.257 e. The molecule has 8 nitrogen and oxygen atoms in total. The summed E-state index contributed by atoms with van der Waals surface area (Å²) >= 11 is 0. The fraction of sp³-hybridized carbons (Fsp3) is 0.600. The number of carbonyl (C=O) groups excluding carboxylic acids is 1. The van der Waals surface area contributed by atoms with Crippen LogP contribution in [0.4, 0.5) is 0 Å². The van der Waals surface area contributed by atoms with E-state index in [1.165, 1.54) is 0 Å². The van der Waals surface area contributed by atoms with Gasteiger partial charge in [0, 0.05) is 45.0 Å². The van der Waals surface area contributed by atoms with Gasteiger partial charge in [-0.05, 0) is 13.8 Å². The van der Waals surface area contributed by atoms with Gasteiger partial charge in [0.25, 0.3) is 5.91 Å². The van der Waals surface area contributed by atoms with Crippen molar-refractivity contribution in [1.82, 2.24) is 34.3 Å². The van der Waals surface area contributed by atoms with E-state index in [2.05, 4.69) is 33.9 Å². The molecule has 1 saturated heterocycles. The highest BCUT2D eigenvalue weighted by Gasteiger charge is 2.23. The topological polar surface area (TPSA) is 72.1 Å². The van der Waals surface area contributed by atoms with Crippen LogP contribution in [0.1, 0.15) is 30.2 Å². The van der Waals surface area contributed by atoms with Crippen molar-refractivity contribution in [1.29, 1.82) is 0 Å². The molecule has 2 aromatic heterocycles. The summed E-state index contributed by atoms with van der Waals surface area (Å²) in [5, 5.41) is 8.35. The quantitative estimate of drug-likeness (QED) is 0.803. The van der Waals surface area contributed by atoms with E-state index in [1.54, 1.807) is 18.9 Å². The van der Waals surface area contributed by atoms with E-state index in [0.29, 0.717) is 5.56 Å². The van der Waals surface area contributed by atoms with E-state index in [9.17, 15) is 4.79 Å². The predicted octanol–water partition coefficient (Wildman–Crippen LogP) is 0.514. The zero-order valence-electron chi connectivity index (χ0n) is 13.7. The van der Waals surface area contributed by atoms with E-state index >= 15 is 0 Å². The lowest BCUT2D eigenvalue weighted by atomic mass is 10.2. The Morgan fingerprint density at radius 1 is 1.17 bits per heavy atom. The van der Waals surface area contributed by atoms with Crippen LogP contribution in [0, 0.1) is 0 Å². The Labute approximate surface area is 135 Å². The Kier molecular flexibility index (Phi) is 4.71. The van der Waals surface area contributed by atoms with Crippen molar-refractivity contribution in [2.75, 3.05) is 32.7 Å². The van der Waals surface area contributed by atoms with Crippen molar-refractivity contribution < 1.29 is 4.79 Å². The molecule has 1 fully saturated rings. The van der Waals surface area contributed by atoms with Gasteiger partial charge in [-0.15, -0.1) is 0 Å². The van der Waals surface area contributed by atoms with Gasteiger partial charge in [-0.2, -0.15) is 10.2 Å². The molecule has 0 radical (unpaired) electrons. The normalized spacial score (nSPS) is 16.2. The Hall–Kier alpha value is -2.22. The molecule has 1 aliphatic rings. The molecule has 0 aliphatic carbocycles. The van der Waals surface area contributed by atoms with Gasteiger partial charge in [0.15, 0.2) is 0 Å². The SMILES string of the molecule is CC(C)n1cc(C(=O)N2CCN(CCn3cncn3)CC2)cn1. The summed E-state index contributed by atoms with van der Waals surface area (Å²) in [5.74, 6) is 0.0767. The van der Waals surface area contributed by atoms with Crippen molar-refractivity contribution in [3.8, 4) is 0 Å². The van der Waals surface area contributed by atoms with E-state index in [4.69, 9.17) is 0 Å². The Bertz CT molecular complexity index is 626. The zero-order chi connectivity index (χ0) is 16.2. The fourth-order valence-electron chi connectivity index (χ4n) is 2.68. The summed E-state index contributed by atoms with van der Waals surface area (Å²) in [6.07, 6.45) is 6.78. The number of nitrogens with zero attached hydrogens (tertiary/aromatic N) is 7. The summed E-state index contributed by atoms with van der Waals surface area (Å²) in [6, 6.07) is 0.269. The van der Waals surface area contributed by atoms with Crippen LogP contribution in [-0.4, -0.2) is 73.0 Å². The molecule has 124 valence electrons. The number of carbonyl (C=O) groups is 1. The van der Waals surface area contributed by atoms with Crippen LogP contribution in [-0.2, 0) is 6.54 Å². The molecule has 0 atom stereocenters. The summed E-state index contributed by atoms with van der Waals surface area (Å²) in [5.41, 5.74) is 0.676. The Morgan fingerprint density at radius 3 is 2.57 bits per heavy atom. The van der Waals surface area contributed by atoms with Crippen LogP contribution in [0.25, 0.3) is 0 Å². The number of rotatable bonds is 5. The van der Waals surface area contributed by atoms with Crippen molar-refractivity contribution in [3.63, 3.8) is 0 Å². The highest BCUT2D eigenvalue weighted by atomic mass is 16.2. The van der Waals surface area contributed by atoms with Gasteiger partial charge >= 0.3 is 0 Å². The second-order valence-electron chi connectivity index (χ2n) is 6.10. The molecule has 8 heteroatoms. The first-order valence-electron chi connectivity index (χ1n) is 8.01. The van der Waals surface area contributed by atoms with Crippen LogP contribution in [0.5, 0.6) is 0 Å². The Balaban J connectivity index is 1.48. The van der Waals surface area contributed by atoms with Gasteiger partial charge in [-0.3, -0.25) is 19.1 Å². The first kappa shape index (κ1) is 15.7. The average molecular weight is 317 g/mol. The third-order valence-electron chi connectivity index (χ3n) is 4.15. The first-order chi connectivity index (χ1) is 11.1. The van der Waals surface area contributed by atoms with Crippen LogP contribution >= 0.6 is 0 Å². The average Bonchev–Trinajstić information content (AvgIpc) is 3.24. The molecule has 0 spiro atoms. The van der Waals surface area contributed by atoms with E-state index in [1.807, 2.05) is 20.5 Å². The second kappa shape index (κ2) is 6.91. The number of aromatic nitrogens is 5. The van der Waals surface area contributed by atoms with Crippen molar-refractivity contribution >= 4 is 5.91 Å². The fourth-order valence-corrected chi connectivity index (χ4v) is 2.68. The highest BCUT2D eigenvalue weighted by molar-refractivity contribution is 5.93. The summed E-state index contributed by atoms with van der Waals surface area (Å²) in [6.45, 7) is 9.14. The molecule has 1 amide bonds. The Morgan fingerprint density at radius 2 is 1.96 bits per heavy atom. The van der Waals surface area contributed by atoms with Crippen molar-refractivity contribution in [2.45, 2.75) is 26.4 Å². The first-order valence-corrected chi connectivity index (χ1v) is 8.01. The molecule has 0 unspecified atom stereocenters. The molecule has 23 heavy (non-hydrogen) atoms. The zero-order valence-corrected chi connectivity index (χ0v) is 13.7. The van der Waals surface area contributed by atoms with Crippen LogP contribution in [0.15, 0.2) is 25.0 Å². The van der Waals surface area contributed by atoms with Crippen molar-refractivity contribution in [3.05, 3.63) is 30.6 Å². The van der Waals surface area contributed by atoms with Crippen LogP contribution < -0.4 is 0 Å². The van der Waals surface area contributed by atoms with E-state index < -0.39 is 0 Å². The number of piperazine rings is 1. The molecule has 0 saturated carbocycles. The maximum absolute atomic E-state index is 12.5. The summed E-state index contributed by atoms with van der Waals surface area (Å²) in [4.78, 5) is 20.7. The third-order valence-corrected chi connectivity index (χ3v) is 4.15. The standard InChI is InChI=1S/C15H23N7O/c1-13(2)22-10-14(9-17-22)15(23)20-6-3-19(4-7-20)5-8-21-12-16-11-18-21/h9-13H,3-8H2,1-2H3. The lowest BCUT2D eigenvalue weighted by molar-refractivity contribution is 0.0632. The lowest BCUT2D eigenvalue weighted by Gasteiger charge is -2.34. The molecular weight excluding hydrogens is 294 g/mol. The molecule has 0 N–H and O–H groups in total. The molecule has 1 aliphatic heterocycles. The van der Waals surface area contributed by atoms with Gasteiger partial charge in [-0.25, -0.2) is 4.98 Å². The summed E-state index contributed by atoms with van der Waals surface area (Å²) in [7, 11) is 0. The molecule has 2 aromatic rings. The van der Waals surface area contributed by atoms with E-state index in [0.717, 1.165) is 39.3 Å².